The van der Waals surface area contributed by atoms with Crippen molar-refractivity contribution >= 4 is 11.6 Å². The van der Waals surface area contributed by atoms with E-state index in [1.54, 1.807) is 18.2 Å². The lowest BCUT2D eigenvalue weighted by atomic mass is 10.1. The smallest absolute Gasteiger partial charge is 0.251 e. The van der Waals surface area contributed by atoms with Gasteiger partial charge in [-0.15, -0.1) is 0 Å². The average molecular weight is 248 g/mol. The SMILES string of the molecule is CCOc1cc(C(=O)NC2CCCC2)ccc1N. The Morgan fingerprint density at radius 3 is 2.83 bits per heavy atom. The first-order valence-corrected chi connectivity index (χ1v) is 6.54. The minimum Gasteiger partial charge on any atom is -0.492 e. The van der Waals surface area contributed by atoms with E-state index in [9.17, 15) is 4.79 Å². The van der Waals surface area contributed by atoms with E-state index in [-0.39, 0.29) is 5.91 Å². The quantitative estimate of drug-likeness (QED) is 0.804. The van der Waals surface area contributed by atoms with Crippen LogP contribution in [-0.4, -0.2) is 18.6 Å². The number of ether oxygens (including phenoxy) is 1. The molecule has 1 saturated carbocycles. The van der Waals surface area contributed by atoms with Gasteiger partial charge in [0.05, 0.1) is 12.3 Å². The summed E-state index contributed by atoms with van der Waals surface area (Å²) in [4.78, 5) is 12.1. The third-order valence-corrected chi connectivity index (χ3v) is 3.27. The molecule has 1 aromatic rings. The van der Waals surface area contributed by atoms with E-state index in [0.29, 0.717) is 29.6 Å². The molecule has 0 atom stereocenters. The van der Waals surface area contributed by atoms with E-state index in [1.165, 1.54) is 12.8 Å². The van der Waals surface area contributed by atoms with Crippen LogP contribution >= 0.6 is 0 Å². The van der Waals surface area contributed by atoms with Gasteiger partial charge in [0.25, 0.3) is 5.91 Å². The van der Waals surface area contributed by atoms with E-state index < -0.39 is 0 Å². The zero-order valence-corrected chi connectivity index (χ0v) is 10.7. The predicted molar refractivity (Wildman–Crippen MR) is 71.7 cm³/mol. The van der Waals surface area contributed by atoms with Crippen LogP contribution in [-0.2, 0) is 0 Å². The summed E-state index contributed by atoms with van der Waals surface area (Å²) >= 11 is 0. The summed E-state index contributed by atoms with van der Waals surface area (Å²) in [5, 5.41) is 3.05. The van der Waals surface area contributed by atoms with Crippen LogP contribution in [0.25, 0.3) is 0 Å². The highest BCUT2D eigenvalue weighted by Gasteiger charge is 2.18. The number of benzene rings is 1. The molecule has 1 aromatic carbocycles. The Labute approximate surface area is 108 Å². The van der Waals surface area contributed by atoms with Crippen LogP contribution in [0.5, 0.6) is 5.75 Å². The summed E-state index contributed by atoms with van der Waals surface area (Å²) in [5.41, 5.74) is 6.96. The molecule has 0 aliphatic heterocycles. The van der Waals surface area contributed by atoms with Crippen molar-refractivity contribution in [1.82, 2.24) is 5.32 Å². The van der Waals surface area contributed by atoms with E-state index in [4.69, 9.17) is 10.5 Å². The monoisotopic (exact) mass is 248 g/mol. The van der Waals surface area contributed by atoms with Gasteiger partial charge in [-0.3, -0.25) is 4.79 Å². The first kappa shape index (κ1) is 12.7. The minimum atomic E-state index is -0.0390. The Kier molecular flexibility index (Phi) is 4.07. The normalized spacial score (nSPS) is 15.6. The lowest BCUT2D eigenvalue weighted by molar-refractivity contribution is 0.0937. The second-order valence-corrected chi connectivity index (χ2v) is 4.64. The zero-order chi connectivity index (χ0) is 13.0. The number of carbonyl (C=O) groups excluding carboxylic acids is 1. The number of nitrogens with two attached hydrogens (primary N) is 1. The van der Waals surface area contributed by atoms with E-state index in [2.05, 4.69) is 5.32 Å². The largest absolute Gasteiger partial charge is 0.492 e. The van der Waals surface area contributed by atoms with Crippen LogP contribution < -0.4 is 15.8 Å². The zero-order valence-electron chi connectivity index (χ0n) is 10.7. The Morgan fingerprint density at radius 1 is 1.44 bits per heavy atom. The fraction of sp³-hybridized carbons (Fsp3) is 0.500. The second kappa shape index (κ2) is 5.76. The fourth-order valence-electron chi connectivity index (χ4n) is 2.29. The molecular formula is C14H20N2O2. The Bertz CT molecular complexity index is 426. The molecule has 0 radical (unpaired) electrons. The van der Waals surface area contributed by atoms with Gasteiger partial charge < -0.3 is 15.8 Å². The lowest BCUT2D eigenvalue weighted by Crippen LogP contribution is -2.32. The third kappa shape index (κ3) is 2.94. The molecule has 1 fully saturated rings. The van der Waals surface area contributed by atoms with Crippen LogP contribution in [0.4, 0.5) is 5.69 Å². The molecule has 18 heavy (non-hydrogen) atoms. The van der Waals surface area contributed by atoms with Gasteiger partial charge in [0.2, 0.25) is 0 Å². The number of hydrogen-bond donors (Lipinski definition) is 2. The first-order valence-electron chi connectivity index (χ1n) is 6.54. The Hall–Kier alpha value is -1.71. The van der Waals surface area contributed by atoms with Crippen LogP contribution in [0, 0.1) is 0 Å². The van der Waals surface area contributed by atoms with Gasteiger partial charge in [-0.2, -0.15) is 0 Å². The van der Waals surface area contributed by atoms with Gasteiger partial charge in [-0.1, -0.05) is 12.8 Å². The number of nitrogen functional groups attached to an aromatic ring is 1. The van der Waals surface area contributed by atoms with Crippen molar-refractivity contribution in [3.8, 4) is 5.75 Å². The standard InChI is InChI=1S/C14H20N2O2/c1-2-18-13-9-10(7-8-12(13)15)14(17)16-11-5-3-4-6-11/h7-9,11H,2-6,15H2,1H3,(H,16,17). The maximum Gasteiger partial charge on any atom is 0.251 e. The maximum atomic E-state index is 12.1. The molecule has 0 bridgehead atoms. The van der Waals surface area contributed by atoms with Gasteiger partial charge in [0.1, 0.15) is 5.75 Å². The summed E-state index contributed by atoms with van der Waals surface area (Å²) < 4.78 is 5.39. The first-order chi connectivity index (χ1) is 8.70. The van der Waals surface area contributed by atoms with Crippen molar-refractivity contribution in [3.63, 3.8) is 0 Å². The molecule has 3 N–H and O–H groups in total. The number of carbonyl (C=O) groups is 1. The highest BCUT2D eigenvalue weighted by atomic mass is 16.5. The molecule has 98 valence electrons. The number of rotatable bonds is 4. The Balaban J connectivity index is 2.07. The third-order valence-electron chi connectivity index (χ3n) is 3.27. The summed E-state index contributed by atoms with van der Waals surface area (Å²) in [6.07, 6.45) is 4.58. The van der Waals surface area contributed by atoms with Crippen LogP contribution in [0.1, 0.15) is 43.0 Å². The molecule has 1 amide bonds. The molecule has 1 aliphatic rings. The molecule has 1 aliphatic carbocycles. The highest BCUT2D eigenvalue weighted by molar-refractivity contribution is 5.95. The summed E-state index contributed by atoms with van der Waals surface area (Å²) in [5.74, 6) is 0.541. The predicted octanol–water partition coefficient (Wildman–Crippen LogP) is 2.34. The molecule has 0 saturated heterocycles. The van der Waals surface area contributed by atoms with Crippen molar-refractivity contribution < 1.29 is 9.53 Å². The summed E-state index contributed by atoms with van der Waals surface area (Å²) in [6, 6.07) is 5.49. The number of amides is 1. The minimum absolute atomic E-state index is 0.0390. The van der Waals surface area contributed by atoms with E-state index >= 15 is 0 Å². The van der Waals surface area contributed by atoms with E-state index in [1.807, 2.05) is 6.92 Å². The van der Waals surface area contributed by atoms with Crippen molar-refractivity contribution in [3.05, 3.63) is 23.8 Å². The number of nitrogens with one attached hydrogen (secondary N) is 1. The summed E-state index contributed by atoms with van der Waals surface area (Å²) in [7, 11) is 0. The molecule has 4 heteroatoms. The molecule has 0 unspecified atom stereocenters. The van der Waals surface area contributed by atoms with Crippen molar-refractivity contribution in [1.29, 1.82) is 0 Å². The summed E-state index contributed by atoms with van der Waals surface area (Å²) in [6.45, 7) is 2.43. The van der Waals surface area contributed by atoms with Gasteiger partial charge in [-0.05, 0) is 38.0 Å². The molecular weight excluding hydrogens is 228 g/mol. The number of anilines is 1. The molecule has 0 spiro atoms. The lowest BCUT2D eigenvalue weighted by Gasteiger charge is -2.13. The van der Waals surface area contributed by atoms with Crippen molar-refractivity contribution in [2.75, 3.05) is 12.3 Å². The van der Waals surface area contributed by atoms with E-state index in [0.717, 1.165) is 12.8 Å². The van der Waals surface area contributed by atoms with Crippen molar-refractivity contribution in [2.45, 2.75) is 38.6 Å². The van der Waals surface area contributed by atoms with Crippen molar-refractivity contribution in [2.24, 2.45) is 0 Å². The highest BCUT2D eigenvalue weighted by Crippen LogP contribution is 2.23. The van der Waals surface area contributed by atoms with Gasteiger partial charge >= 0.3 is 0 Å². The molecule has 4 nitrogen and oxygen atoms in total. The molecule has 0 aromatic heterocycles. The Morgan fingerprint density at radius 2 is 2.17 bits per heavy atom. The van der Waals surface area contributed by atoms with Gasteiger partial charge in [0, 0.05) is 11.6 Å². The molecule has 0 heterocycles. The number of hydrogen-bond acceptors (Lipinski definition) is 3. The van der Waals surface area contributed by atoms with Crippen LogP contribution in [0.15, 0.2) is 18.2 Å². The fourth-order valence-corrected chi connectivity index (χ4v) is 2.29. The maximum absolute atomic E-state index is 12.1. The van der Waals surface area contributed by atoms with Crippen LogP contribution in [0.2, 0.25) is 0 Å². The second-order valence-electron chi connectivity index (χ2n) is 4.64. The van der Waals surface area contributed by atoms with Gasteiger partial charge in [0.15, 0.2) is 0 Å². The average Bonchev–Trinajstić information content (AvgIpc) is 2.85. The van der Waals surface area contributed by atoms with Gasteiger partial charge in [-0.25, -0.2) is 0 Å². The topological polar surface area (TPSA) is 64.3 Å². The van der Waals surface area contributed by atoms with Crippen LogP contribution in [0.3, 0.4) is 0 Å². The molecule has 2 rings (SSSR count).